The Morgan fingerprint density at radius 1 is 1.02 bits per heavy atom. The third-order valence-electron chi connectivity index (χ3n) is 6.91. The minimum absolute atomic E-state index is 0.00259. The number of nitrogens with two attached hydrogens (primary N) is 1. The molecule has 2 rings (SSSR count). The molecule has 248 valence electrons. The zero-order valence-electron chi connectivity index (χ0n) is 26.1. The SMILES string of the molecule is CCOC(=O)/C=C/[C@H](C[C@@H]1CCNC1=O)NC(=O)[C@H](CC(C)C)NC(=O)[C@H](CCCNC(N)=O)NC(=O)OCc1ccccc1. The second-order valence-corrected chi connectivity index (χ2v) is 11.1. The highest BCUT2D eigenvalue weighted by atomic mass is 16.5. The number of primary amides is 1. The Morgan fingerprint density at radius 3 is 2.36 bits per heavy atom. The number of alkyl carbamates (subject to hydrolysis) is 1. The van der Waals surface area contributed by atoms with Crippen LogP contribution < -0.4 is 32.3 Å². The van der Waals surface area contributed by atoms with Crippen LogP contribution in [0.3, 0.4) is 0 Å². The number of esters is 1. The van der Waals surface area contributed by atoms with Crippen molar-refractivity contribution in [1.82, 2.24) is 26.6 Å². The summed E-state index contributed by atoms with van der Waals surface area (Å²) in [5.41, 5.74) is 5.88. The third kappa shape index (κ3) is 14.6. The summed E-state index contributed by atoms with van der Waals surface area (Å²) in [6, 6.07) is 5.51. The van der Waals surface area contributed by atoms with Gasteiger partial charge >= 0.3 is 18.1 Å². The van der Waals surface area contributed by atoms with Crippen molar-refractivity contribution in [2.45, 2.75) is 77.6 Å². The molecule has 4 atom stereocenters. The highest BCUT2D eigenvalue weighted by Crippen LogP contribution is 2.17. The normalized spacial score (nSPS) is 16.3. The molecule has 1 aliphatic heterocycles. The van der Waals surface area contributed by atoms with Crippen LogP contribution in [0.1, 0.15) is 58.4 Å². The Labute approximate surface area is 263 Å². The van der Waals surface area contributed by atoms with Gasteiger partial charge < -0.3 is 41.8 Å². The minimum atomic E-state index is -1.09. The summed E-state index contributed by atoms with van der Waals surface area (Å²) in [6.07, 6.45) is 3.38. The number of carbonyl (C=O) groups excluding carboxylic acids is 6. The molecule has 1 saturated heterocycles. The Kier molecular flexibility index (Phi) is 15.9. The summed E-state index contributed by atoms with van der Waals surface area (Å²) in [4.78, 5) is 74.9. The predicted octanol–water partition coefficient (Wildman–Crippen LogP) is 1.39. The Hall–Kier alpha value is -4.62. The first-order chi connectivity index (χ1) is 21.5. The zero-order valence-corrected chi connectivity index (χ0v) is 26.1. The standard InChI is InChI=1S/C31H46N6O8/c1-4-44-26(38)13-12-23(18-22-14-16-33-27(22)39)35-29(41)25(17-20(2)3)36-28(40)24(11-8-15-34-30(32)42)37-31(43)45-19-21-9-6-5-7-10-21/h5-7,9-10,12-13,20,22-25H,4,8,11,14-19H2,1-3H3,(H,33,39)(H,35,41)(H,36,40)(H,37,43)(H3,32,34,42)/b13-12+/t22-,23+,24-,25-/m0/s1. The topological polar surface area (TPSA) is 207 Å². The first kappa shape index (κ1) is 36.6. The molecular weight excluding hydrogens is 584 g/mol. The van der Waals surface area contributed by atoms with Gasteiger partial charge in [-0.25, -0.2) is 14.4 Å². The van der Waals surface area contributed by atoms with Gasteiger partial charge in [-0.1, -0.05) is 50.3 Å². The Bertz CT molecular complexity index is 1180. The summed E-state index contributed by atoms with van der Waals surface area (Å²) >= 11 is 0. The van der Waals surface area contributed by atoms with Gasteiger partial charge in [0.05, 0.1) is 6.61 Å². The van der Waals surface area contributed by atoms with E-state index in [1.165, 1.54) is 12.2 Å². The number of ether oxygens (including phenoxy) is 2. The average Bonchev–Trinajstić information content (AvgIpc) is 3.40. The molecule has 1 heterocycles. The summed E-state index contributed by atoms with van der Waals surface area (Å²) in [6.45, 7) is 6.31. The molecule has 0 bridgehead atoms. The van der Waals surface area contributed by atoms with Gasteiger partial charge in [-0.3, -0.25) is 14.4 Å². The predicted molar refractivity (Wildman–Crippen MR) is 165 cm³/mol. The van der Waals surface area contributed by atoms with Crippen LogP contribution in [0.5, 0.6) is 0 Å². The van der Waals surface area contributed by atoms with E-state index < -0.39 is 48.0 Å². The van der Waals surface area contributed by atoms with E-state index in [4.69, 9.17) is 15.2 Å². The molecule has 0 aromatic heterocycles. The number of urea groups is 1. The molecule has 1 aromatic rings. The molecule has 0 aliphatic carbocycles. The number of hydrogen-bond acceptors (Lipinski definition) is 8. The molecule has 45 heavy (non-hydrogen) atoms. The lowest BCUT2D eigenvalue weighted by Crippen LogP contribution is -2.55. The first-order valence-corrected chi connectivity index (χ1v) is 15.2. The van der Waals surface area contributed by atoms with Crippen LogP contribution in [0.4, 0.5) is 9.59 Å². The third-order valence-corrected chi connectivity index (χ3v) is 6.91. The number of hydrogen-bond donors (Lipinski definition) is 6. The minimum Gasteiger partial charge on any atom is -0.463 e. The number of carbonyl (C=O) groups is 6. The number of amides is 6. The zero-order chi connectivity index (χ0) is 33.2. The van der Waals surface area contributed by atoms with Crippen LogP contribution in [-0.2, 0) is 35.3 Å². The van der Waals surface area contributed by atoms with E-state index in [0.29, 0.717) is 19.4 Å². The van der Waals surface area contributed by atoms with Gasteiger partial charge in [0.25, 0.3) is 0 Å². The molecule has 0 saturated carbocycles. The molecule has 14 heteroatoms. The van der Waals surface area contributed by atoms with E-state index in [-0.39, 0.29) is 56.8 Å². The van der Waals surface area contributed by atoms with Crippen molar-refractivity contribution in [3.63, 3.8) is 0 Å². The molecule has 0 unspecified atom stereocenters. The van der Waals surface area contributed by atoms with Gasteiger partial charge in [0.1, 0.15) is 18.7 Å². The van der Waals surface area contributed by atoms with Gasteiger partial charge in [-0.05, 0) is 50.5 Å². The fraction of sp³-hybridized carbons (Fsp3) is 0.548. The Balaban J connectivity index is 2.15. The van der Waals surface area contributed by atoms with E-state index in [2.05, 4.69) is 26.6 Å². The van der Waals surface area contributed by atoms with Crippen LogP contribution in [0.25, 0.3) is 0 Å². The molecule has 14 nitrogen and oxygen atoms in total. The van der Waals surface area contributed by atoms with Crippen LogP contribution in [0.15, 0.2) is 42.5 Å². The largest absolute Gasteiger partial charge is 0.463 e. The van der Waals surface area contributed by atoms with Crippen molar-refractivity contribution in [3.8, 4) is 0 Å². The summed E-state index contributed by atoms with van der Waals surface area (Å²) in [5, 5.41) is 13.4. The number of nitrogens with one attached hydrogen (secondary N) is 5. The number of rotatable bonds is 18. The fourth-order valence-corrected chi connectivity index (χ4v) is 4.70. The first-order valence-electron chi connectivity index (χ1n) is 15.2. The maximum absolute atomic E-state index is 13.5. The molecule has 0 radical (unpaired) electrons. The van der Waals surface area contributed by atoms with Gasteiger partial charge in [0.2, 0.25) is 17.7 Å². The molecule has 1 aliphatic rings. The van der Waals surface area contributed by atoms with Crippen LogP contribution in [0.2, 0.25) is 0 Å². The van der Waals surface area contributed by atoms with Crippen LogP contribution >= 0.6 is 0 Å². The lowest BCUT2D eigenvalue weighted by molar-refractivity contribution is -0.137. The van der Waals surface area contributed by atoms with E-state index in [1.807, 2.05) is 19.9 Å². The van der Waals surface area contributed by atoms with E-state index in [9.17, 15) is 28.8 Å². The van der Waals surface area contributed by atoms with Gasteiger partial charge in [0.15, 0.2) is 0 Å². The second-order valence-electron chi connectivity index (χ2n) is 11.1. The van der Waals surface area contributed by atoms with Gasteiger partial charge in [-0.2, -0.15) is 0 Å². The van der Waals surface area contributed by atoms with Crippen molar-refractivity contribution in [2.24, 2.45) is 17.6 Å². The van der Waals surface area contributed by atoms with Crippen molar-refractivity contribution in [3.05, 3.63) is 48.0 Å². The van der Waals surface area contributed by atoms with Crippen LogP contribution in [-0.4, -0.2) is 73.6 Å². The van der Waals surface area contributed by atoms with E-state index >= 15 is 0 Å². The lowest BCUT2D eigenvalue weighted by atomic mass is 9.96. The van der Waals surface area contributed by atoms with Crippen molar-refractivity contribution in [1.29, 1.82) is 0 Å². The lowest BCUT2D eigenvalue weighted by Gasteiger charge is -2.26. The highest BCUT2D eigenvalue weighted by Gasteiger charge is 2.31. The van der Waals surface area contributed by atoms with Gasteiger partial charge in [0, 0.05) is 31.1 Å². The van der Waals surface area contributed by atoms with Crippen molar-refractivity contribution < 1.29 is 38.2 Å². The smallest absolute Gasteiger partial charge is 0.408 e. The Morgan fingerprint density at radius 2 is 1.73 bits per heavy atom. The number of benzene rings is 1. The van der Waals surface area contributed by atoms with Crippen molar-refractivity contribution in [2.75, 3.05) is 19.7 Å². The molecule has 7 N–H and O–H groups in total. The molecular formula is C31H46N6O8. The molecule has 0 spiro atoms. The molecule has 1 aromatic carbocycles. The maximum atomic E-state index is 13.5. The van der Waals surface area contributed by atoms with Crippen LogP contribution in [0, 0.1) is 11.8 Å². The second kappa shape index (κ2) is 19.6. The summed E-state index contributed by atoms with van der Waals surface area (Å²) in [5.74, 6) is -2.22. The maximum Gasteiger partial charge on any atom is 0.408 e. The van der Waals surface area contributed by atoms with E-state index in [0.717, 1.165) is 5.56 Å². The fourth-order valence-electron chi connectivity index (χ4n) is 4.70. The summed E-state index contributed by atoms with van der Waals surface area (Å²) < 4.78 is 10.2. The quantitative estimate of drug-likeness (QED) is 0.0792. The van der Waals surface area contributed by atoms with Crippen molar-refractivity contribution >= 4 is 35.8 Å². The van der Waals surface area contributed by atoms with E-state index in [1.54, 1.807) is 31.2 Å². The van der Waals surface area contributed by atoms with Gasteiger partial charge in [-0.15, -0.1) is 0 Å². The monoisotopic (exact) mass is 630 g/mol. The average molecular weight is 631 g/mol. The highest BCUT2D eigenvalue weighted by molar-refractivity contribution is 5.91. The molecule has 1 fully saturated rings. The molecule has 6 amide bonds. The summed E-state index contributed by atoms with van der Waals surface area (Å²) in [7, 11) is 0.